The topological polar surface area (TPSA) is 63.4 Å². The number of carbonyl (C=O) groups is 2. The van der Waals surface area contributed by atoms with Gasteiger partial charge in [0.25, 0.3) is 11.8 Å². The number of hydrogen-bond acceptors (Lipinski definition) is 3. The van der Waals surface area contributed by atoms with Gasteiger partial charge in [-0.1, -0.05) is 0 Å². The molecule has 2 rings (SSSR count). The van der Waals surface area contributed by atoms with Crippen molar-refractivity contribution in [1.29, 1.82) is 0 Å². The lowest BCUT2D eigenvalue weighted by atomic mass is 10.0. The molecule has 1 aliphatic rings. The third-order valence-electron chi connectivity index (χ3n) is 2.56. The average molecular weight is 190 g/mol. The molecule has 1 aromatic carbocycles. The lowest BCUT2D eigenvalue weighted by molar-refractivity contribution is 0.0693. The van der Waals surface area contributed by atoms with Crippen LogP contribution in [0, 0.1) is 6.92 Å². The third kappa shape index (κ3) is 0.878. The molecule has 1 aliphatic heterocycles. The predicted molar refractivity (Wildman–Crippen MR) is 52.0 cm³/mol. The lowest BCUT2D eigenvalue weighted by Crippen LogP contribution is -2.24. The predicted octanol–water partition coefficient (Wildman–Crippen LogP) is 0.803. The molecule has 1 aromatic rings. The number of nitrogens with zero attached hydrogens (tertiary/aromatic N) is 1. The number of rotatable bonds is 0. The van der Waals surface area contributed by atoms with Gasteiger partial charge in [-0.05, 0) is 24.6 Å². The molecule has 14 heavy (non-hydrogen) atoms. The minimum atomic E-state index is -0.269. The Morgan fingerprint density at radius 1 is 1.21 bits per heavy atom. The van der Waals surface area contributed by atoms with Crippen LogP contribution in [0.4, 0.5) is 5.69 Å². The Morgan fingerprint density at radius 3 is 2.50 bits per heavy atom. The molecule has 0 bridgehead atoms. The summed E-state index contributed by atoms with van der Waals surface area (Å²) in [6, 6.07) is 3.25. The number of benzene rings is 1. The number of carbonyl (C=O) groups excluding carboxylic acids is 2. The van der Waals surface area contributed by atoms with Gasteiger partial charge >= 0.3 is 0 Å². The maximum atomic E-state index is 11.6. The molecule has 0 atom stereocenters. The molecule has 0 saturated carbocycles. The minimum Gasteiger partial charge on any atom is -0.398 e. The van der Waals surface area contributed by atoms with Crippen molar-refractivity contribution in [2.75, 3.05) is 12.8 Å². The number of anilines is 1. The first-order valence-electron chi connectivity index (χ1n) is 4.25. The molecule has 0 saturated heterocycles. The summed E-state index contributed by atoms with van der Waals surface area (Å²) < 4.78 is 0. The van der Waals surface area contributed by atoms with E-state index in [2.05, 4.69) is 0 Å². The zero-order chi connectivity index (χ0) is 10.5. The highest BCUT2D eigenvalue weighted by molar-refractivity contribution is 6.22. The van der Waals surface area contributed by atoms with Gasteiger partial charge in [-0.15, -0.1) is 0 Å². The van der Waals surface area contributed by atoms with Crippen molar-refractivity contribution in [3.63, 3.8) is 0 Å². The van der Waals surface area contributed by atoms with Gasteiger partial charge in [0, 0.05) is 12.7 Å². The molecule has 0 fully saturated rings. The smallest absolute Gasteiger partial charge is 0.261 e. The van der Waals surface area contributed by atoms with E-state index in [1.807, 2.05) is 0 Å². The zero-order valence-electron chi connectivity index (χ0n) is 8.00. The molecule has 0 aromatic heterocycles. The summed E-state index contributed by atoms with van der Waals surface area (Å²) in [7, 11) is 1.47. The van der Waals surface area contributed by atoms with Crippen molar-refractivity contribution >= 4 is 17.5 Å². The van der Waals surface area contributed by atoms with Crippen LogP contribution in [0.5, 0.6) is 0 Å². The molecule has 0 radical (unpaired) electrons. The van der Waals surface area contributed by atoms with E-state index < -0.39 is 0 Å². The molecule has 72 valence electrons. The number of nitrogen functional groups attached to an aromatic ring is 1. The third-order valence-corrected chi connectivity index (χ3v) is 2.56. The number of fused-ring (bicyclic) bond motifs is 1. The second-order valence-corrected chi connectivity index (χ2v) is 3.37. The van der Waals surface area contributed by atoms with Gasteiger partial charge in [-0.25, -0.2) is 0 Å². The van der Waals surface area contributed by atoms with Gasteiger partial charge in [-0.3, -0.25) is 14.5 Å². The van der Waals surface area contributed by atoms with Gasteiger partial charge in [0.15, 0.2) is 0 Å². The first-order valence-corrected chi connectivity index (χ1v) is 4.25. The van der Waals surface area contributed by atoms with Crippen LogP contribution in [0.15, 0.2) is 12.1 Å². The first-order chi connectivity index (χ1) is 6.54. The van der Waals surface area contributed by atoms with Crippen molar-refractivity contribution in [3.8, 4) is 0 Å². The molecule has 4 heteroatoms. The van der Waals surface area contributed by atoms with Crippen molar-refractivity contribution < 1.29 is 9.59 Å². The Hall–Kier alpha value is -1.84. The highest BCUT2D eigenvalue weighted by Gasteiger charge is 2.34. The van der Waals surface area contributed by atoms with E-state index in [0.29, 0.717) is 22.4 Å². The van der Waals surface area contributed by atoms with Crippen LogP contribution in [0.25, 0.3) is 0 Å². The van der Waals surface area contributed by atoms with E-state index in [9.17, 15) is 9.59 Å². The maximum absolute atomic E-state index is 11.6. The highest BCUT2D eigenvalue weighted by Crippen LogP contribution is 2.27. The molecule has 1 heterocycles. The summed E-state index contributed by atoms with van der Waals surface area (Å²) in [5.74, 6) is -0.525. The van der Waals surface area contributed by atoms with Gasteiger partial charge < -0.3 is 5.73 Å². The van der Waals surface area contributed by atoms with Gasteiger partial charge in [0.05, 0.1) is 11.1 Å². The second-order valence-electron chi connectivity index (χ2n) is 3.37. The Balaban J connectivity index is 2.76. The van der Waals surface area contributed by atoms with E-state index in [4.69, 9.17) is 5.73 Å². The summed E-state index contributed by atoms with van der Waals surface area (Å²) >= 11 is 0. The van der Waals surface area contributed by atoms with Crippen LogP contribution >= 0.6 is 0 Å². The van der Waals surface area contributed by atoms with Gasteiger partial charge in [0.2, 0.25) is 0 Å². The summed E-state index contributed by atoms with van der Waals surface area (Å²) in [4.78, 5) is 24.3. The van der Waals surface area contributed by atoms with E-state index in [-0.39, 0.29) is 11.8 Å². The number of hydrogen-bond donors (Lipinski definition) is 1. The van der Waals surface area contributed by atoms with Gasteiger partial charge in [-0.2, -0.15) is 0 Å². The lowest BCUT2D eigenvalue weighted by Gasteiger charge is -2.04. The fraction of sp³-hybridized carbons (Fsp3) is 0.200. The van der Waals surface area contributed by atoms with E-state index in [1.54, 1.807) is 19.1 Å². The first kappa shape index (κ1) is 8.74. The molecule has 0 spiro atoms. The van der Waals surface area contributed by atoms with Gasteiger partial charge in [0.1, 0.15) is 0 Å². The highest BCUT2D eigenvalue weighted by atomic mass is 16.2. The number of nitrogens with two attached hydrogens (primary N) is 1. The SMILES string of the molecule is Cc1c(N)ccc2c1C(=O)N(C)C2=O. The standard InChI is InChI=1S/C10H10N2O2/c1-5-7(11)4-3-6-8(5)10(14)12(2)9(6)13/h3-4H,11H2,1-2H3. The summed E-state index contributed by atoms with van der Waals surface area (Å²) in [6.45, 7) is 1.75. The Morgan fingerprint density at radius 2 is 1.86 bits per heavy atom. The van der Waals surface area contributed by atoms with Crippen LogP contribution in [0.1, 0.15) is 26.3 Å². The van der Waals surface area contributed by atoms with Crippen molar-refractivity contribution in [1.82, 2.24) is 4.90 Å². The fourth-order valence-electron chi connectivity index (χ4n) is 1.62. The summed E-state index contributed by atoms with van der Waals surface area (Å²) in [5.41, 5.74) is 7.78. The van der Waals surface area contributed by atoms with Crippen LogP contribution < -0.4 is 5.73 Å². The van der Waals surface area contributed by atoms with Crippen molar-refractivity contribution in [2.45, 2.75) is 6.92 Å². The zero-order valence-corrected chi connectivity index (χ0v) is 8.00. The maximum Gasteiger partial charge on any atom is 0.261 e. The summed E-state index contributed by atoms with van der Waals surface area (Å²) in [5, 5.41) is 0. The second kappa shape index (κ2) is 2.57. The van der Waals surface area contributed by atoms with Crippen LogP contribution in [0.3, 0.4) is 0 Å². The average Bonchev–Trinajstić information content (AvgIpc) is 2.38. The molecule has 0 aliphatic carbocycles. The Kier molecular flexibility index (Phi) is 1.61. The van der Waals surface area contributed by atoms with E-state index in [1.165, 1.54) is 7.05 Å². The molecule has 0 unspecified atom stereocenters. The van der Waals surface area contributed by atoms with Crippen molar-refractivity contribution in [3.05, 3.63) is 28.8 Å². The largest absolute Gasteiger partial charge is 0.398 e. The molecular formula is C10H10N2O2. The summed E-state index contributed by atoms with van der Waals surface area (Å²) in [6.07, 6.45) is 0. The van der Waals surface area contributed by atoms with Crippen molar-refractivity contribution in [2.24, 2.45) is 0 Å². The number of amides is 2. The monoisotopic (exact) mass is 190 g/mol. The molecule has 2 N–H and O–H groups in total. The van der Waals surface area contributed by atoms with E-state index >= 15 is 0 Å². The minimum absolute atomic E-state index is 0.256. The van der Waals surface area contributed by atoms with Crippen LogP contribution in [-0.4, -0.2) is 23.8 Å². The fourth-order valence-corrected chi connectivity index (χ4v) is 1.62. The normalized spacial score (nSPS) is 14.9. The number of imide groups is 1. The quantitative estimate of drug-likeness (QED) is 0.486. The molecule has 2 amide bonds. The van der Waals surface area contributed by atoms with E-state index in [0.717, 1.165) is 4.90 Å². The van der Waals surface area contributed by atoms with Crippen LogP contribution in [0.2, 0.25) is 0 Å². The molecule has 4 nitrogen and oxygen atoms in total. The Labute approximate surface area is 81.3 Å². The molecular weight excluding hydrogens is 180 g/mol. The Bertz CT molecular complexity index is 452. The van der Waals surface area contributed by atoms with Crippen LogP contribution in [-0.2, 0) is 0 Å².